The van der Waals surface area contributed by atoms with Crippen LogP contribution in [0.5, 0.6) is 0 Å². The van der Waals surface area contributed by atoms with E-state index in [-0.39, 0.29) is 10.7 Å². The van der Waals surface area contributed by atoms with E-state index < -0.39 is 16.1 Å². The molecule has 3 aromatic rings. The van der Waals surface area contributed by atoms with Crippen molar-refractivity contribution in [1.29, 1.82) is 0 Å². The van der Waals surface area contributed by atoms with E-state index in [0.717, 1.165) is 16.7 Å². The fourth-order valence-electron chi connectivity index (χ4n) is 2.96. The Bertz CT molecular complexity index is 986. The number of hydrogen-bond acceptors (Lipinski definition) is 2. The summed E-state index contributed by atoms with van der Waals surface area (Å²) in [6, 6.07) is 22.2. The lowest BCUT2D eigenvalue weighted by Crippen LogP contribution is -2.29. The molecule has 1 N–H and O–H groups in total. The van der Waals surface area contributed by atoms with Crippen molar-refractivity contribution in [1.82, 2.24) is 4.72 Å². The maximum absolute atomic E-state index is 13.4. The number of hydrogen-bond donors (Lipinski definition) is 1. The van der Waals surface area contributed by atoms with Crippen molar-refractivity contribution in [2.75, 3.05) is 0 Å². The van der Waals surface area contributed by atoms with Gasteiger partial charge >= 0.3 is 0 Å². The first-order valence-corrected chi connectivity index (χ1v) is 10.3. The van der Waals surface area contributed by atoms with Crippen LogP contribution in [-0.2, 0) is 16.4 Å². The zero-order valence-electron chi connectivity index (χ0n) is 15.1. The number of halogens is 1. The third-order valence-electron chi connectivity index (χ3n) is 4.44. The van der Waals surface area contributed by atoms with Gasteiger partial charge in [0.1, 0.15) is 5.82 Å². The Morgan fingerprint density at radius 3 is 2.30 bits per heavy atom. The van der Waals surface area contributed by atoms with E-state index in [1.165, 1.54) is 12.1 Å². The summed E-state index contributed by atoms with van der Waals surface area (Å²) in [6.45, 7) is 1.91. The Balaban J connectivity index is 1.83. The first kappa shape index (κ1) is 19.3. The van der Waals surface area contributed by atoms with Gasteiger partial charge in [-0.25, -0.2) is 17.5 Å². The summed E-state index contributed by atoms with van der Waals surface area (Å²) in [7, 11) is -3.66. The molecule has 3 nitrogen and oxygen atoms in total. The lowest BCUT2D eigenvalue weighted by molar-refractivity contribution is 0.538. The van der Waals surface area contributed by atoms with Crippen LogP contribution in [0.15, 0.2) is 83.8 Å². The highest BCUT2D eigenvalue weighted by atomic mass is 32.2. The summed E-state index contributed by atoms with van der Waals surface area (Å²) >= 11 is 0. The zero-order valence-corrected chi connectivity index (χ0v) is 15.9. The molecule has 0 aliphatic rings. The maximum Gasteiger partial charge on any atom is 0.241 e. The van der Waals surface area contributed by atoms with Crippen LogP contribution in [0.25, 0.3) is 0 Å². The van der Waals surface area contributed by atoms with Crippen molar-refractivity contribution in [3.05, 3.63) is 101 Å². The summed E-state index contributed by atoms with van der Waals surface area (Å²) in [5.41, 5.74) is 2.72. The average molecular weight is 383 g/mol. The fourth-order valence-corrected chi connectivity index (χ4v) is 4.21. The second kappa shape index (κ2) is 8.46. The highest BCUT2D eigenvalue weighted by molar-refractivity contribution is 7.89. The van der Waals surface area contributed by atoms with Crippen LogP contribution in [0, 0.1) is 12.7 Å². The SMILES string of the molecule is Cc1ccc(S(=O)(=O)NC(CCc2cccc(F)c2)c2ccccc2)cc1. The second-order valence-electron chi connectivity index (χ2n) is 6.57. The molecule has 5 heteroatoms. The summed E-state index contributed by atoms with van der Waals surface area (Å²) in [5.74, 6) is -0.288. The smallest absolute Gasteiger partial charge is 0.207 e. The van der Waals surface area contributed by atoms with E-state index in [1.54, 1.807) is 30.3 Å². The first-order valence-electron chi connectivity index (χ1n) is 8.82. The number of benzene rings is 3. The molecular weight excluding hydrogens is 361 g/mol. The van der Waals surface area contributed by atoms with Crippen molar-refractivity contribution < 1.29 is 12.8 Å². The molecule has 0 heterocycles. The van der Waals surface area contributed by atoms with Crippen LogP contribution in [-0.4, -0.2) is 8.42 Å². The van der Waals surface area contributed by atoms with E-state index in [1.807, 2.05) is 43.3 Å². The van der Waals surface area contributed by atoms with E-state index in [2.05, 4.69) is 4.72 Å². The molecule has 0 aliphatic carbocycles. The van der Waals surface area contributed by atoms with Gasteiger partial charge in [0.15, 0.2) is 0 Å². The van der Waals surface area contributed by atoms with Gasteiger partial charge < -0.3 is 0 Å². The molecule has 140 valence electrons. The third kappa shape index (κ3) is 5.25. The molecule has 0 saturated heterocycles. The summed E-state index contributed by atoms with van der Waals surface area (Å²) in [6.07, 6.45) is 1.09. The van der Waals surface area contributed by atoms with Crippen LogP contribution in [0.1, 0.15) is 29.2 Å². The van der Waals surface area contributed by atoms with E-state index >= 15 is 0 Å². The van der Waals surface area contributed by atoms with Crippen molar-refractivity contribution in [3.8, 4) is 0 Å². The van der Waals surface area contributed by atoms with Gasteiger partial charge in [0.25, 0.3) is 0 Å². The first-order chi connectivity index (χ1) is 12.9. The lowest BCUT2D eigenvalue weighted by atomic mass is 10.00. The Labute approximate surface area is 159 Å². The van der Waals surface area contributed by atoms with Crippen LogP contribution in [0.2, 0.25) is 0 Å². The number of sulfonamides is 1. The normalized spacial score (nSPS) is 12.7. The van der Waals surface area contributed by atoms with E-state index in [9.17, 15) is 12.8 Å². The Morgan fingerprint density at radius 1 is 0.926 bits per heavy atom. The van der Waals surface area contributed by atoms with Crippen LogP contribution in [0.3, 0.4) is 0 Å². The largest absolute Gasteiger partial charge is 0.241 e. The highest BCUT2D eigenvalue weighted by Crippen LogP contribution is 2.23. The molecule has 3 aromatic carbocycles. The molecule has 0 fully saturated rings. The van der Waals surface area contributed by atoms with Crippen molar-refractivity contribution in [2.45, 2.75) is 30.7 Å². The molecule has 1 atom stereocenters. The average Bonchev–Trinajstić information content (AvgIpc) is 2.66. The minimum Gasteiger partial charge on any atom is -0.207 e. The second-order valence-corrected chi connectivity index (χ2v) is 8.28. The van der Waals surface area contributed by atoms with Crippen molar-refractivity contribution >= 4 is 10.0 Å². The van der Waals surface area contributed by atoms with E-state index in [0.29, 0.717) is 12.8 Å². The Hall–Kier alpha value is -2.50. The molecule has 0 aliphatic heterocycles. The third-order valence-corrected chi connectivity index (χ3v) is 5.93. The van der Waals surface area contributed by atoms with E-state index in [4.69, 9.17) is 0 Å². The zero-order chi connectivity index (χ0) is 19.3. The van der Waals surface area contributed by atoms with Crippen LogP contribution >= 0.6 is 0 Å². The van der Waals surface area contributed by atoms with Gasteiger partial charge in [-0.15, -0.1) is 0 Å². The van der Waals surface area contributed by atoms with Crippen molar-refractivity contribution in [3.63, 3.8) is 0 Å². The highest BCUT2D eigenvalue weighted by Gasteiger charge is 2.21. The van der Waals surface area contributed by atoms with Gasteiger partial charge in [-0.3, -0.25) is 0 Å². The number of rotatable bonds is 7. The molecule has 0 bridgehead atoms. The topological polar surface area (TPSA) is 46.2 Å². The monoisotopic (exact) mass is 383 g/mol. The molecule has 27 heavy (non-hydrogen) atoms. The predicted octanol–water partition coefficient (Wildman–Crippen LogP) is 4.79. The standard InChI is InChI=1S/C22H22FNO2S/c1-17-10-13-21(14-11-17)27(25,26)24-22(19-7-3-2-4-8-19)15-12-18-6-5-9-20(23)16-18/h2-11,13-14,16,22,24H,12,15H2,1H3. The van der Waals surface area contributed by atoms with Gasteiger partial charge in [0.05, 0.1) is 4.90 Å². The molecule has 0 spiro atoms. The number of aryl methyl sites for hydroxylation is 2. The van der Waals surface area contributed by atoms with Gasteiger partial charge in [-0.2, -0.15) is 0 Å². The molecule has 0 aromatic heterocycles. The van der Waals surface area contributed by atoms with Gasteiger partial charge in [0.2, 0.25) is 10.0 Å². The summed E-state index contributed by atoms with van der Waals surface area (Å²) in [5, 5.41) is 0. The minimum absolute atomic E-state index is 0.236. The molecule has 0 saturated carbocycles. The Morgan fingerprint density at radius 2 is 1.63 bits per heavy atom. The molecule has 0 amide bonds. The van der Waals surface area contributed by atoms with Crippen LogP contribution in [0.4, 0.5) is 4.39 Å². The van der Waals surface area contributed by atoms with Crippen molar-refractivity contribution in [2.24, 2.45) is 0 Å². The quantitative estimate of drug-likeness (QED) is 0.638. The number of nitrogens with one attached hydrogen (secondary N) is 1. The Kier molecular flexibility index (Phi) is 6.04. The fraction of sp³-hybridized carbons (Fsp3) is 0.182. The lowest BCUT2D eigenvalue weighted by Gasteiger charge is -2.19. The summed E-state index contributed by atoms with van der Waals surface area (Å²) < 4.78 is 41.9. The minimum atomic E-state index is -3.66. The van der Waals surface area contributed by atoms with Gasteiger partial charge in [-0.1, -0.05) is 60.2 Å². The summed E-state index contributed by atoms with van der Waals surface area (Å²) in [4.78, 5) is 0.236. The maximum atomic E-state index is 13.4. The molecule has 1 unspecified atom stereocenters. The molecule has 3 rings (SSSR count). The molecule has 0 radical (unpaired) electrons. The van der Waals surface area contributed by atoms with Gasteiger partial charge in [-0.05, 0) is 55.2 Å². The van der Waals surface area contributed by atoms with Gasteiger partial charge in [0, 0.05) is 6.04 Å². The molecular formula is C22H22FNO2S. The predicted molar refractivity (Wildman–Crippen MR) is 105 cm³/mol. The van der Waals surface area contributed by atoms with Crippen LogP contribution < -0.4 is 4.72 Å².